The molecule has 2 aromatic rings. The number of hydrogen-bond acceptors (Lipinski definition) is 5. The molecule has 7 heteroatoms. The van der Waals surface area contributed by atoms with Gasteiger partial charge >= 0.3 is 5.97 Å². The van der Waals surface area contributed by atoms with Crippen LogP contribution in [-0.4, -0.2) is 29.8 Å². The lowest BCUT2D eigenvalue weighted by Gasteiger charge is -2.06. The number of rotatable bonds is 4. The van der Waals surface area contributed by atoms with Crippen molar-refractivity contribution >= 4 is 34.7 Å². The number of carbonyl (C=O) groups is 3. The fourth-order valence-corrected chi connectivity index (χ4v) is 2.67. The van der Waals surface area contributed by atoms with Crippen molar-refractivity contribution < 1.29 is 19.1 Å². The Labute approximate surface area is 125 Å². The normalized spacial score (nSPS) is 10.2. The summed E-state index contributed by atoms with van der Waals surface area (Å²) >= 11 is 1.20. The number of carbonyl (C=O) groups excluding carboxylic acids is 3. The van der Waals surface area contributed by atoms with E-state index in [4.69, 9.17) is 0 Å². The first-order valence-electron chi connectivity index (χ1n) is 6.11. The molecule has 0 saturated carbocycles. The SMILES string of the molecule is COC(=O)c1scc(C)c1NC(=O)c1cc(C(C)=O)c[nH]1. The summed E-state index contributed by atoms with van der Waals surface area (Å²) in [5, 5.41) is 4.43. The van der Waals surface area contributed by atoms with E-state index in [1.54, 1.807) is 12.3 Å². The van der Waals surface area contributed by atoms with Crippen molar-refractivity contribution in [1.82, 2.24) is 4.98 Å². The van der Waals surface area contributed by atoms with E-state index in [0.29, 0.717) is 16.1 Å². The molecular weight excluding hydrogens is 292 g/mol. The Kier molecular flexibility index (Phi) is 4.23. The van der Waals surface area contributed by atoms with E-state index in [1.807, 2.05) is 0 Å². The van der Waals surface area contributed by atoms with Crippen LogP contribution >= 0.6 is 11.3 Å². The van der Waals surface area contributed by atoms with Gasteiger partial charge in [0.25, 0.3) is 5.91 Å². The van der Waals surface area contributed by atoms with Crippen molar-refractivity contribution in [3.8, 4) is 0 Å². The number of aromatic nitrogens is 1. The Morgan fingerprint density at radius 3 is 2.62 bits per heavy atom. The van der Waals surface area contributed by atoms with Gasteiger partial charge in [-0.3, -0.25) is 9.59 Å². The van der Waals surface area contributed by atoms with Crippen molar-refractivity contribution in [3.05, 3.63) is 39.3 Å². The third-order valence-corrected chi connectivity index (χ3v) is 4.00. The van der Waals surface area contributed by atoms with E-state index in [1.165, 1.54) is 37.6 Å². The van der Waals surface area contributed by atoms with Gasteiger partial charge in [0, 0.05) is 11.8 Å². The Bertz CT molecular complexity index is 714. The second-order valence-electron chi connectivity index (χ2n) is 4.43. The molecule has 0 fully saturated rings. The highest BCUT2D eigenvalue weighted by Gasteiger charge is 2.20. The molecule has 0 aliphatic carbocycles. The number of aryl methyl sites for hydroxylation is 1. The van der Waals surface area contributed by atoms with Gasteiger partial charge in [0.05, 0.1) is 12.8 Å². The second-order valence-corrected chi connectivity index (χ2v) is 5.31. The van der Waals surface area contributed by atoms with Gasteiger partial charge in [-0.15, -0.1) is 11.3 Å². The average molecular weight is 306 g/mol. The van der Waals surface area contributed by atoms with Crippen LogP contribution in [0.15, 0.2) is 17.6 Å². The van der Waals surface area contributed by atoms with E-state index < -0.39 is 11.9 Å². The molecular formula is C14H14N2O4S. The van der Waals surface area contributed by atoms with Crippen molar-refractivity contribution in [1.29, 1.82) is 0 Å². The van der Waals surface area contributed by atoms with Gasteiger partial charge in [0.15, 0.2) is 5.78 Å². The monoisotopic (exact) mass is 306 g/mol. The molecule has 0 aliphatic rings. The van der Waals surface area contributed by atoms with Crippen LogP contribution in [0.5, 0.6) is 0 Å². The number of nitrogens with one attached hydrogen (secondary N) is 2. The van der Waals surface area contributed by atoms with Gasteiger partial charge in [-0.1, -0.05) is 0 Å². The maximum absolute atomic E-state index is 12.2. The molecule has 0 saturated heterocycles. The first kappa shape index (κ1) is 15.0. The maximum Gasteiger partial charge on any atom is 0.350 e. The molecule has 2 N–H and O–H groups in total. The molecule has 2 aromatic heterocycles. The van der Waals surface area contributed by atoms with Crippen LogP contribution < -0.4 is 5.32 Å². The van der Waals surface area contributed by atoms with Gasteiger partial charge in [-0.25, -0.2) is 4.79 Å². The fraction of sp³-hybridized carbons (Fsp3) is 0.214. The van der Waals surface area contributed by atoms with E-state index >= 15 is 0 Å². The lowest BCUT2D eigenvalue weighted by atomic mass is 10.2. The van der Waals surface area contributed by atoms with Crippen LogP contribution in [0.4, 0.5) is 5.69 Å². The predicted molar refractivity (Wildman–Crippen MR) is 79.1 cm³/mol. The minimum absolute atomic E-state index is 0.132. The molecule has 2 rings (SSSR count). The molecule has 6 nitrogen and oxygen atoms in total. The Hall–Kier alpha value is -2.41. The summed E-state index contributed by atoms with van der Waals surface area (Å²) in [5.41, 5.74) is 1.87. The third kappa shape index (κ3) is 3.03. The number of thiophene rings is 1. The predicted octanol–water partition coefficient (Wildman–Crippen LogP) is 2.63. The first-order valence-corrected chi connectivity index (χ1v) is 6.99. The molecule has 1 amide bonds. The number of esters is 1. The number of methoxy groups -OCH3 is 1. The third-order valence-electron chi connectivity index (χ3n) is 2.92. The van der Waals surface area contributed by atoms with Crippen molar-refractivity contribution in [2.24, 2.45) is 0 Å². The number of hydrogen-bond donors (Lipinski definition) is 2. The lowest BCUT2D eigenvalue weighted by Crippen LogP contribution is -2.15. The molecule has 0 spiro atoms. The highest BCUT2D eigenvalue weighted by Crippen LogP contribution is 2.28. The zero-order valence-corrected chi connectivity index (χ0v) is 12.6. The molecule has 0 aliphatic heterocycles. The lowest BCUT2D eigenvalue weighted by molar-refractivity contribution is 0.0607. The zero-order chi connectivity index (χ0) is 15.6. The standard InChI is InChI=1S/C14H14N2O4S/c1-7-6-21-12(14(19)20-3)11(7)16-13(18)10-4-9(5-15-10)8(2)17/h4-6,15H,1-3H3,(H,16,18). The van der Waals surface area contributed by atoms with Crippen LogP contribution in [0.2, 0.25) is 0 Å². The van der Waals surface area contributed by atoms with Crippen molar-refractivity contribution in [2.75, 3.05) is 12.4 Å². The smallest absolute Gasteiger partial charge is 0.350 e. The Morgan fingerprint density at radius 2 is 2.05 bits per heavy atom. The number of aromatic amines is 1. The largest absolute Gasteiger partial charge is 0.465 e. The van der Waals surface area contributed by atoms with Crippen molar-refractivity contribution in [2.45, 2.75) is 13.8 Å². The number of ether oxygens (including phenoxy) is 1. The summed E-state index contributed by atoms with van der Waals surface area (Å²) in [6, 6.07) is 1.47. The van der Waals surface area contributed by atoms with E-state index in [-0.39, 0.29) is 11.5 Å². The van der Waals surface area contributed by atoms with Crippen molar-refractivity contribution in [3.63, 3.8) is 0 Å². The van der Waals surface area contributed by atoms with E-state index in [2.05, 4.69) is 15.0 Å². The van der Waals surface area contributed by atoms with Crippen LogP contribution in [-0.2, 0) is 4.74 Å². The van der Waals surface area contributed by atoms with E-state index in [0.717, 1.165) is 5.56 Å². The van der Waals surface area contributed by atoms with Crippen LogP contribution in [0.1, 0.15) is 43.0 Å². The highest BCUT2D eigenvalue weighted by molar-refractivity contribution is 7.12. The number of anilines is 1. The number of amides is 1. The summed E-state index contributed by atoms with van der Waals surface area (Å²) in [5.74, 6) is -1.05. The summed E-state index contributed by atoms with van der Waals surface area (Å²) < 4.78 is 4.68. The summed E-state index contributed by atoms with van der Waals surface area (Å²) in [7, 11) is 1.28. The van der Waals surface area contributed by atoms with Crippen LogP contribution in [0.3, 0.4) is 0 Å². The number of ketones is 1. The topological polar surface area (TPSA) is 88.3 Å². The summed E-state index contributed by atoms with van der Waals surface area (Å²) in [6.45, 7) is 3.21. The Balaban J connectivity index is 2.25. The minimum atomic E-state index is -0.501. The van der Waals surface area contributed by atoms with Gasteiger partial charge in [-0.05, 0) is 30.9 Å². The summed E-state index contributed by atoms with van der Waals surface area (Å²) in [6.07, 6.45) is 1.47. The molecule has 21 heavy (non-hydrogen) atoms. The molecule has 0 bridgehead atoms. The molecule has 2 heterocycles. The molecule has 0 atom stereocenters. The van der Waals surface area contributed by atoms with Gasteiger partial charge in [0.2, 0.25) is 0 Å². The van der Waals surface area contributed by atoms with Crippen LogP contribution in [0, 0.1) is 6.92 Å². The second kappa shape index (κ2) is 5.92. The fourth-order valence-electron chi connectivity index (χ4n) is 1.75. The van der Waals surface area contributed by atoms with E-state index in [9.17, 15) is 14.4 Å². The average Bonchev–Trinajstić information content (AvgIpc) is 3.06. The first-order chi connectivity index (χ1) is 9.93. The highest BCUT2D eigenvalue weighted by atomic mass is 32.1. The molecule has 110 valence electrons. The maximum atomic E-state index is 12.2. The van der Waals surface area contributed by atoms with Crippen LogP contribution in [0.25, 0.3) is 0 Å². The molecule has 0 unspecified atom stereocenters. The minimum Gasteiger partial charge on any atom is -0.465 e. The summed E-state index contributed by atoms with van der Waals surface area (Å²) in [4.78, 5) is 38.1. The van der Waals surface area contributed by atoms with Gasteiger partial charge in [-0.2, -0.15) is 0 Å². The quantitative estimate of drug-likeness (QED) is 0.671. The molecule has 0 radical (unpaired) electrons. The number of Topliss-reactive ketones (excluding diaryl/α,β-unsaturated/α-hetero) is 1. The molecule has 0 aromatic carbocycles. The number of H-pyrrole nitrogens is 1. The van der Waals surface area contributed by atoms with Gasteiger partial charge in [0.1, 0.15) is 10.6 Å². The Morgan fingerprint density at radius 1 is 1.33 bits per heavy atom. The zero-order valence-electron chi connectivity index (χ0n) is 11.8. The van der Waals surface area contributed by atoms with Gasteiger partial charge < -0.3 is 15.0 Å².